The van der Waals surface area contributed by atoms with E-state index < -0.39 is 20.5 Å². The lowest BCUT2D eigenvalue weighted by atomic mass is 10.1. The molecule has 0 radical (unpaired) electrons. The van der Waals surface area contributed by atoms with Gasteiger partial charge in [-0.15, -0.1) is 0 Å². The molecule has 8 nitrogen and oxygen atoms in total. The van der Waals surface area contributed by atoms with Crippen molar-refractivity contribution in [3.63, 3.8) is 0 Å². The SMILES string of the molecule is CNc1sc(S(=O)(=O)N(C)CC(C)(C)O)cc1[N+](=O)[O-]. The van der Waals surface area contributed by atoms with Crippen molar-refractivity contribution in [1.82, 2.24) is 4.31 Å². The summed E-state index contributed by atoms with van der Waals surface area (Å²) in [6, 6.07) is 1.02. The average Bonchev–Trinajstić information content (AvgIpc) is 2.70. The third-order valence-electron chi connectivity index (χ3n) is 2.39. The molecule has 0 bridgehead atoms. The zero-order valence-electron chi connectivity index (χ0n) is 11.6. The predicted molar refractivity (Wildman–Crippen MR) is 76.6 cm³/mol. The molecular formula is C10H17N3O5S2. The van der Waals surface area contributed by atoms with Crippen molar-refractivity contribution < 1.29 is 18.4 Å². The highest BCUT2D eigenvalue weighted by atomic mass is 32.2. The number of hydrogen-bond acceptors (Lipinski definition) is 7. The van der Waals surface area contributed by atoms with E-state index in [4.69, 9.17) is 0 Å². The maximum absolute atomic E-state index is 12.3. The summed E-state index contributed by atoms with van der Waals surface area (Å²) in [6.07, 6.45) is 0. The lowest BCUT2D eigenvalue weighted by Crippen LogP contribution is -2.39. The van der Waals surface area contributed by atoms with Crippen LogP contribution in [0.1, 0.15) is 13.8 Å². The molecule has 20 heavy (non-hydrogen) atoms. The van der Waals surface area contributed by atoms with Gasteiger partial charge in [0.15, 0.2) is 5.00 Å². The second kappa shape index (κ2) is 5.64. The number of aliphatic hydroxyl groups is 1. The van der Waals surface area contributed by atoms with Gasteiger partial charge in [-0.1, -0.05) is 11.3 Å². The van der Waals surface area contributed by atoms with Gasteiger partial charge in [-0.25, -0.2) is 8.42 Å². The number of likely N-dealkylation sites (N-methyl/N-ethyl adjacent to an activating group) is 1. The number of rotatable bonds is 6. The van der Waals surface area contributed by atoms with E-state index in [2.05, 4.69) is 5.32 Å². The van der Waals surface area contributed by atoms with Gasteiger partial charge in [0.25, 0.3) is 10.0 Å². The van der Waals surface area contributed by atoms with Gasteiger partial charge in [-0.3, -0.25) is 10.1 Å². The second-order valence-electron chi connectivity index (χ2n) is 4.86. The fourth-order valence-electron chi connectivity index (χ4n) is 1.58. The average molecular weight is 323 g/mol. The van der Waals surface area contributed by atoms with Gasteiger partial charge in [0, 0.05) is 26.7 Å². The molecule has 0 saturated heterocycles. The smallest absolute Gasteiger partial charge is 0.304 e. The largest absolute Gasteiger partial charge is 0.389 e. The molecule has 0 aliphatic rings. The lowest BCUT2D eigenvalue weighted by molar-refractivity contribution is -0.383. The third-order valence-corrected chi connectivity index (χ3v) is 5.78. The predicted octanol–water partition coefficient (Wildman–Crippen LogP) is 1.09. The summed E-state index contributed by atoms with van der Waals surface area (Å²) in [5.74, 6) is 0. The molecule has 1 rings (SSSR count). The van der Waals surface area contributed by atoms with Crippen molar-refractivity contribution in [2.24, 2.45) is 0 Å². The number of anilines is 1. The number of sulfonamides is 1. The Labute approximate surface area is 121 Å². The molecular weight excluding hydrogens is 306 g/mol. The number of hydrogen-bond donors (Lipinski definition) is 2. The van der Waals surface area contributed by atoms with Crippen LogP contribution in [0.3, 0.4) is 0 Å². The van der Waals surface area contributed by atoms with Crippen molar-refractivity contribution in [3.8, 4) is 0 Å². The second-order valence-corrected chi connectivity index (χ2v) is 8.18. The van der Waals surface area contributed by atoms with Crippen LogP contribution in [0.2, 0.25) is 0 Å². The normalized spacial score (nSPS) is 12.7. The third kappa shape index (κ3) is 3.66. The van der Waals surface area contributed by atoms with Crippen LogP contribution in [-0.2, 0) is 10.0 Å². The van der Waals surface area contributed by atoms with Gasteiger partial charge in [0.2, 0.25) is 0 Å². The van der Waals surface area contributed by atoms with E-state index >= 15 is 0 Å². The fraction of sp³-hybridized carbons (Fsp3) is 0.600. The Hall–Kier alpha value is -1.23. The maximum Gasteiger partial charge on any atom is 0.304 e. The van der Waals surface area contributed by atoms with E-state index in [1.807, 2.05) is 0 Å². The summed E-state index contributed by atoms with van der Waals surface area (Å²) < 4.78 is 25.4. The Morgan fingerprint density at radius 3 is 2.45 bits per heavy atom. The van der Waals surface area contributed by atoms with Gasteiger partial charge in [-0.2, -0.15) is 4.31 Å². The lowest BCUT2D eigenvalue weighted by Gasteiger charge is -2.24. The standard InChI is InChI=1S/C10H17N3O5S2/c1-10(2,14)6-12(4)20(17,18)8-5-7(13(15)16)9(11-3)19-8/h5,11,14H,6H2,1-4H3. The Morgan fingerprint density at radius 2 is 2.10 bits per heavy atom. The van der Waals surface area contributed by atoms with Crippen LogP contribution >= 0.6 is 11.3 Å². The molecule has 1 heterocycles. The molecule has 2 N–H and O–H groups in total. The zero-order chi connectivity index (χ0) is 15.7. The highest BCUT2D eigenvalue weighted by molar-refractivity contribution is 7.91. The summed E-state index contributed by atoms with van der Waals surface area (Å²) >= 11 is 0.785. The number of thiophene rings is 1. The first-order valence-electron chi connectivity index (χ1n) is 5.63. The van der Waals surface area contributed by atoms with Gasteiger partial charge in [0.05, 0.1) is 10.5 Å². The summed E-state index contributed by atoms with van der Waals surface area (Å²) in [5.41, 5.74) is -1.48. The van der Waals surface area contributed by atoms with Gasteiger partial charge in [0.1, 0.15) is 4.21 Å². The minimum absolute atomic E-state index is 0.115. The van der Waals surface area contributed by atoms with Crippen LogP contribution in [-0.4, -0.2) is 49.0 Å². The van der Waals surface area contributed by atoms with E-state index in [0.717, 1.165) is 21.7 Å². The molecule has 114 valence electrons. The Bertz CT molecular complexity index is 603. The first-order chi connectivity index (χ1) is 8.99. The molecule has 0 unspecified atom stereocenters. The molecule has 0 aliphatic heterocycles. The van der Waals surface area contributed by atoms with Crippen molar-refractivity contribution in [1.29, 1.82) is 0 Å². The van der Waals surface area contributed by atoms with Crippen LogP contribution in [0.15, 0.2) is 10.3 Å². The van der Waals surface area contributed by atoms with Crippen LogP contribution in [0.5, 0.6) is 0 Å². The molecule has 1 aromatic heterocycles. The Balaban J connectivity index is 3.19. The molecule has 0 aliphatic carbocycles. The quantitative estimate of drug-likeness (QED) is 0.598. The van der Waals surface area contributed by atoms with Gasteiger partial charge >= 0.3 is 5.69 Å². The number of nitro groups is 1. The maximum atomic E-state index is 12.3. The van der Waals surface area contributed by atoms with Crippen LogP contribution < -0.4 is 5.32 Å². The molecule has 0 spiro atoms. The molecule has 0 aromatic carbocycles. The molecule has 0 saturated carbocycles. The van der Waals surface area contributed by atoms with Crippen molar-refractivity contribution in [3.05, 3.63) is 16.2 Å². The van der Waals surface area contributed by atoms with Crippen LogP contribution in [0, 0.1) is 10.1 Å². The van der Waals surface area contributed by atoms with Crippen molar-refractivity contribution >= 4 is 32.0 Å². The fourth-order valence-corrected chi connectivity index (χ4v) is 4.40. The van der Waals surface area contributed by atoms with Crippen molar-refractivity contribution in [2.75, 3.05) is 26.0 Å². The highest BCUT2D eigenvalue weighted by Crippen LogP contribution is 2.37. The molecule has 0 amide bonds. The van der Waals surface area contributed by atoms with Crippen LogP contribution in [0.25, 0.3) is 0 Å². The van der Waals surface area contributed by atoms with E-state index in [9.17, 15) is 23.6 Å². The summed E-state index contributed by atoms with van der Waals surface area (Å²) in [5, 5.41) is 23.3. The molecule has 1 aromatic rings. The highest BCUT2D eigenvalue weighted by Gasteiger charge is 2.31. The minimum atomic E-state index is -3.87. The number of nitrogens with zero attached hydrogens (tertiary/aromatic N) is 2. The molecule has 10 heteroatoms. The first kappa shape index (κ1) is 16.8. The van der Waals surface area contributed by atoms with Gasteiger partial charge < -0.3 is 10.4 Å². The first-order valence-corrected chi connectivity index (χ1v) is 7.89. The van der Waals surface area contributed by atoms with E-state index in [1.165, 1.54) is 27.9 Å². The Kier molecular flexibility index (Phi) is 4.74. The van der Waals surface area contributed by atoms with E-state index in [0.29, 0.717) is 0 Å². The van der Waals surface area contributed by atoms with Crippen molar-refractivity contribution in [2.45, 2.75) is 23.7 Å². The summed E-state index contributed by atoms with van der Waals surface area (Å²) in [4.78, 5) is 10.2. The summed E-state index contributed by atoms with van der Waals surface area (Å²) in [6.45, 7) is 2.85. The van der Waals surface area contributed by atoms with Crippen LogP contribution in [0.4, 0.5) is 10.7 Å². The molecule has 0 fully saturated rings. The zero-order valence-corrected chi connectivity index (χ0v) is 13.2. The monoisotopic (exact) mass is 323 g/mol. The van der Waals surface area contributed by atoms with E-state index in [-0.39, 0.29) is 21.4 Å². The number of nitrogens with one attached hydrogen (secondary N) is 1. The van der Waals surface area contributed by atoms with E-state index in [1.54, 1.807) is 0 Å². The molecule has 0 atom stereocenters. The minimum Gasteiger partial charge on any atom is -0.389 e. The summed E-state index contributed by atoms with van der Waals surface area (Å²) in [7, 11) is -1.07. The Morgan fingerprint density at radius 1 is 1.55 bits per heavy atom. The van der Waals surface area contributed by atoms with Gasteiger partial charge in [-0.05, 0) is 13.8 Å². The topological polar surface area (TPSA) is 113 Å².